The van der Waals surface area contributed by atoms with Crippen LogP contribution in [0, 0.1) is 6.92 Å². The van der Waals surface area contributed by atoms with E-state index in [1.54, 1.807) is 6.92 Å². The van der Waals surface area contributed by atoms with Gasteiger partial charge < -0.3 is 10.0 Å². The highest BCUT2D eigenvalue weighted by atomic mass is 32.1. The van der Waals surface area contributed by atoms with Crippen molar-refractivity contribution in [1.82, 2.24) is 9.88 Å². The van der Waals surface area contributed by atoms with Gasteiger partial charge in [0.2, 0.25) is 0 Å². The molecule has 21 heavy (non-hydrogen) atoms. The van der Waals surface area contributed by atoms with Crippen LogP contribution in [0.3, 0.4) is 0 Å². The lowest BCUT2D eigenvalue weighted by Gasteiger charge is -2.13. The Hall–Kier alpha value is -2.21. The average molecular weight is 304 g/mol. The summed E-state index contributed by atoms with van der Waals surface area (Å²) in [6.45, 7) is 1.46. The lowest BCUT2D eigenvalue weighted by atomic mass is 10.2. The average Bonchev–Trinajstić information content (AvgIpc) is 2.79. The molecule has 110 valence electrons. The Balaban J connectivity index is 2.15. The van der Waals surface area contributed by atoms with E-state index in [1.165, 1.54) is 23.3 Å². The molecular formula is C15H16N2O3S. The Labute approximate surface area is 126 Å². The number of likely N-dealkylation sites (N-methyl/N-ethyl adjacent to an activating group) is 1. The van der Waals surface area contributed by atoms with Crippen molar-refractivity contribution in [1.29, 1.82) is 0 Å². The second kappa shape index (κ2) is 6.49. The molecule has 6 heteroatoms. The molecule has 2 rings (SSSR count). The second-order valence-electron chi connectivity index (χ2n) is 4.74. The Kier molecular flexibility index (Phi) is 4.70. The first kappa shape index (κ1) is 15.2. The fraction of sp³-hybridized carbons (Fsp3) is 0.267. The number of amides is 1. The van der Waals surface area contributed by atoms with Crippen LogP contribution in [0.2, 0.25) is 0 Å². The Morgan fingerprint density at radius 2 is 1.95 bits per heavy atom. The maximum Gasteiger partial charge on any atom is 0.323 e. The first-order valence-electron chi connectivity index (χ1n) is 6.45. The summed E-state index contributed by atoms with van der Waals surface area (Å²) in [6.07, 6.45) is 0.669. The minimum atomic E-state index is -1.03. The second-order valence-corrected chi connectivity index (χ2v) is 5.82. The molecule has 1 amide bonds. The van der Waals surface area contributed by atoms with Gasteiger partial charge in [-0.3, -0.25) is 9.59 Å². The van der Waals surface area contributed by atoms with Crippen molar-refractivity contribution in [2.24, 2.45) is 0 Å². The van der Waals surface area contributed by atoms with Gasteiger partial charge in [-0.1, -0.05) is 30.3 Å². The largest absolute Gasteiger partial charge is 0.480 e. The maximum absolute atomic E-state index is 12.2. The molecule has 0 saturated heterocycles. The van der Waals surface area contributed by atoms with E-state index in [2.05, 4.69) is 4.98 Å². The summed E-state index contributed by atoms with van der Waals surface area (Å²) in [5.74, 6) is -1.33. The van der Waals surface area contributed by atoms with Crippen LogP contribution in [-0.4, -0.2) is 40.5 Å². The van der Waals surface area contributed by atoms with Crippen LogP contribution in [-0.2, 0) is 11.2 Å². The number of carbonyl (C=O) groups is 2. The highest BCUT2D eigenvalue weighted by Crippen LogP contribution is 2.22. The third kappa shape index (κ3) is 3.88. The molecule has 1 heterocycles. The van der Waals surface area contributed by atoms with Gasteiger partial charge in [-0.2, -0.15) is 0 Å². The molecule has 0 aliphatic heterocycles. The molecule has 0 bridgehead atoms. The standard InChI is InChI=1S/C15H16N2O3S/c1-10-14(15(20)17(2)9-13(18)19)21-12(16-10)8-11-6-4-3-5-7-11/h3-7H,8-9H2,1-2H3,(H,18,19). The van der Waals surface area contributed by atoms with E-state index in [4.69, 9.17) is 5.11 Å². The van der Waals surface area contributed by atoms with Crippen molar-refractivity contribution >= 4 is 23.2 Å². The third-order valence-electron chi connectivity index (χ3n) is 2.95. The Morgan fingerprint density at radius 1 is 1.29 bits per heavy atom. The number of carbonyl (C=O) groups excluding carboxylic acids is 1. The van der Waals surface area contributed by atoms with Crippen LogP contribution in [0.15, 0.2) is 30.3 Å². The lowest BCUT2D eigenvalue weighted by Crippen LogP contribution is -2.31. The number of hydrogen-bond donors (Lipinski definition) is 1. The zero-order valence-electron chi connectivity index (χ0n) is 11.9. The molecule has 1 N–H and O–H groups in total. The fourth-order valence-electron chi connectivity index (χ4n) is 1.94. The molecule has 0 spiro atoms. The van der Waals surface area contributed by atoms with Crippen LogP contribution in [0.5, 0.6) is 0 Å². The van der Waals surface area contributed by atoms with Gasteiger partial charge in [-0.25, -0.2) is 4.98 Å². The van der Waals surface area contributed by atoms with Crippen LogP contribution >= 0.6 is 11.3 Å². The van der Waals surface area contributed by atoms with E-state index in [0.717, 1.165) is 10.6 Å². The lowest BCUT2D eigenvalue weighted by molar-refractivity contribution is -0.137. The normalized spacial score (nSPS) is 10.4. The van der Waals surface area contributed by atoms with E-state index in [9.17, 15) is 9.59 Å². The van der Waals surface area contributed by atoms with Crippen molar-refractivity contribution in [2.75, 3.05) is 13.6 Å². The topological polar surface area (TPSA) is 70.5 Å². The van der Waals surface area contributed by atoms with Crippen LogP contribution in [0.4, 0.5) is 0 Å². The fourth-order valence-corrected chi connectivity index (χ4v) is 3.04. The number of aliphatic carboxylic acids is 1. The molecule has 2 aromatic rings. The number of aryl methyl sites for hydroxylation is 1. The van der Waals surface area contributed by atoms with Crippen LogP contribution in [0.25, 0.3) is 0 Å². The summed E-state index contributed by atoms with van der Waals surface area (Å²) >= 11 is 1.32. The van der Waals surface area contributed by atoms with Gasteiger partial charge in [-0.05, 0) is 12.5 Å². The van der Waals surface area contributed by atoms with E-state index in [0.29, 0.717) is 17.0 Å². The van der Waals surface area contributed by atoms with Crippen LogP contribution < -0.4 is 0 Å². The molecule has 0 radical (unpaired) electrons. The Bertz CT molecular complexity index is 652. The number of aromatic nitrogens is 1. The number of carboxylic acid groups (broad SMARTS) is 1. The van der Waals surface area contributed by atoms with E-state index >= 15 is 0 Å². The van der Waals surface area contributed by atoms with Crippen molar-refractivity contribution in [2.45, 2.75) is 13.3 Å². The molecule has 5 nitrogen and oxygen atoms in total. The summed E-state index contributed by atoms with van der Waals surface area (Å²) in [7, 11) is 1.48. The summed E-state index contributed by atoms with van der Waals surface area (Å²) in [5.41, 5.74) is 1.78. The van der Waals surface area contributed by atoms with Crippen molar-refractivity contribution in [3.63, 3.8) is 0 Å². The van der Waals surface area contributed by atoms with E-state index < -0.39 is 5.97 Å². The zero-order valence-corrected chi connectivity index (χ0v) is 12.7. The molecule has 1 aromatic heterocycles. The minimum absolute atomic E-state index is 0.299. The van der Waals surface area contributed by atoms with Gasteiger partial charge in [-0.15, -0.1) is 11.3 Å². The maximum atomic E-state index is 12.2. The predicted molar refractivity (Wildman–Crippen MR) is 80.7 cm³/mol. The zero-order chi connectivity index (χ0) is 15.4. The summed E-state index contributed by atoms with van der Waals surface area (Å²) in [4.78, 5) is 29.0. The number of hydrogen-bond acceptors (Lipinski definition) is 4. The molecule has 0 atom stereocenters. The Morgan fingerprint density at radius 3 is 2.57 bits per heavy atom. The quantitative estimate of drug-likeness (QED) is 0.919. The van der Waals surface area contributed by atoms with Gasteiger partial charge in [0.25, 0.3) is 5.91 Å². The smallest absolute Gasteiger partial charge is 0.323 e. The summed E-state index contributed by atoms with van der Waals surface area (Å²) in [5, 5.41) is 9.60. The number of nitrogens with zero attached hydrogens (tertiary/aromatic N) is 2. The molecule has 0 saturated carbocycles. The van der Waals surface area contributed by atoms with Crippen LogP contribution in [0.1, 0.15) is 25.9 Å². The third-order valence-corrected chi connectivity index (χ3v) is 4.10. The van der Waals surface area contributed by atoms with Gasteiger partial charge in [0.1, 0.15) is 11.4 Å². The predicted octanol–water partition coefficient (Wildman–Crippen LogP) is 2.20. The molecule has 1 aromatic carbocycles. The first-order chi connectivity index (χ1) is 9.97. The molecule has 0 unspecified atom stereocenters. The summed E-state index contributed by atoms with van der Waals surface area (Å²) in [6, 6.07) is 9.89. The number of carboxylic acids is 1. The summed E-state index contributed by atoms with van der Waals surface area (Å²) < 4.78 is 0. The van der Waals surface area contributed by atoms with Crippen molar-refractivity contribution in [3.8, 4) is 0 Å². The highest BCUT2D eigenvalue weighted by Gasteiger charge is 2.20. The van der Waals surface area contributed by atoms with Gasteiger partial charge in [0.15, 0.2) is 0 Å². The highest BCUT2D eigenvalue weighted by molar-refractivity contribution is 7.13. The van der Waals surface area contributed by atoms with Crippen molar-refractivity contribution in [3.05, 3.63) is 51.5 Å². The van der Waals surface area contributed by atoms with E-state index in [-0.39, 0.29) is 12.5 Å². The molecular weight excluding hydrogens is 288 g/mol. The van der Waals surface area contributed by atoms with Gasteiger partial charge >= 0.3 is 5.97 Å². The SMILES string of the molecule is Cc1nc(Cc2ccccc2)sc1C(=O)N(C)CC(=O)O. The number of thiazole rings is 1. The number of rotatable bonds is 5. The van der Waals surface area contributed by atoms with Crippen molar-refractivity contribution < 1.29 is 14.7 Å². The molecule has 0 aliphatic carbocycles. The van der Waals surface area contributed by atoms with E-state index in [1.807, 2.05) is 30.3 Å². The first-order valence-corrected chi connectivity index (χ1v) is 7.26. The molecule has 0 fully saturated rings. The van der Waals surface area contributed by atoms with Gasteiger partial charge in [0, 0.05) is 13.5 Å². The minimum Gasteiger partial charge on any atom is -0.480 e. The monoisotopic (exact) mass is 304 g/mol. The molecule has 0 aliphatic rings. The van der Waals surface area contributed by atoms with Gasteiger partial charge in [0.05, 0.1) is 10.7 Å². The number of benzene rings is 1.